The van der Waals surface area contributed by atoms with Crippen molar-refractivity contribution in [1.29, 1.82) is 0 Å². The molecular weight excluding hydrogens is 250 g/mol. The van der Waals surface area contributed by atoms with Gasteiger partial charge in [-0.3, -0.25) is 4.79 Å². The lowest BCUT2D eigenvalue weighted by Gasteiger charge is -2.00. The number of hydrogen-bond acceptors (Lipinski definition) is 2. The number of aryl methyl sites for hydroxylation is 1. The summed E-state index contributed by atoms with van der Waals surface area (Å²) in [6.07, 6.45) is 3.50. The molecule has 0 saturated heterocycles. The summed E-state index contributed by atoms with van der Waals surface area (Å²) in [4.78, 5) is 11.7. The van der Waals surface area contributed by atoms with Crippen molar-refractivity contribution in [2.75, 3.05) is 0 Å². The molecule has 1 heterocycles. The lowest BCUT2D eigenvalue weighted by atomic mass is 10.2. The molecule has 2 aromatic rings. The zero-order valence-corrected chi connectivity index (χ0v) is 10.6. The van der Waals surface area contributed by atoms with Crippen LogP contribution in [0, 0.1) is 0 Å². The maximum Gasteiger partial charge on any atom is 0.271 e. The van der Waals surface area contributed by atoms with Gasteiger partial charge in [-0.1, -0.05) is 11.6 Å². The normalized spacial score (nSPS) is 10.8. The maximum absolute atomic E-state index is 11.7. The van der Waals surface area contributed by atoms with Crippen LogP contribution in [0.15, 0.2) is 47.7 Å². The van der Waals surface area contributed by atoms with Gasteiger partial charge < -0.3 is 4.57 Å². The number of hydrogen-bond donors (Lipinski definition) is 1. The van der Waals surface area contributed by atoms with Crippen molar-refractivity contribution >= 4 is 23.7 Å². The quantitative estimate of drug-likeness (QED) is 0.669. The summed E-state index contributed by atoms with van der Waals surface area (Å²) in [5.74, 6) is -0.267. The Labute approximate surface area is 110 Å². The van der Waals surface area contributed by atoms with Gasteiger partial charge in [0.25, 0.3) is 5.91 Å². The number of halogens is 1. The highest BCUT2D eigenvalue weighted by Gasteiger charge is 2.03. The maximum atomic E-state index is 11.7. The SMILES string of the molecule is Cn1cccc1/C=N\NC(=O)c1ccc(Cl)cc1. The van der Waals surface area contributed by atoms with Gasteiger partial charge in [-0.25, -0.2) is 5.43 Å². The Morgan fingerprint density at radius 1 is 1.33 bits per heavy atom. The van der Waals surface area contributed by atoms with E-state index in [1.165, 1.54) is 0 Å². The van der Waals surface area contributed by atoms with Crippen LogP contribution >= 0.6 is 11.6 Å². The zero-order valence-electron chi connectivity index (χ0n) is 9.80. The van der Waals surface area contributed by atoms with Gasteiger partial charge in [0.15, 0.2) is 0 Å². The molecular formula is C13H12ClN3O. The van der Waals surface area contributed by atoms with Crippen LogP contribution in [-0.4, -0.2) is 16.7 Å². The first kappa shape index (κ1) is 12.4. The molecule has 5 heteroatoms. The van der Waals surface area contributed by atoms with Crippen molar-refractivity contribution in [3.63, 3.8) is 0 Å². The summed E-state index contributed by atoms with van der Waals surface area (Å²) in [5.41, 5.74) is 3.88. The summed E-state index contributed by atoms with van der Waals surface area (Å²) in [5, 5.41) is 4.49. The fraction of sp³-hybridized carbons (Fsp3) is 0.0769. The molecule has 4 nitrogen and oxygen atoms in total. The van der Waals surface area contributed by atoms with E-state index in [1.54, 1.807) is 30.5 Å². The third-order valence-electron chi connectivity index (χ3n) is 2.45. The molecule has 0 aliphatic rings. The van der Waals surface area contributed by atoms with Gasteiger partial charge in [-0.15, -0.1) is 0 Å². The topological polar surface area (TPSA) is 46.4 Å². The highest BCUT2D eigenvalue weighted by Crippen LogP contribution is 2.09. The number of nitrogens with one attached hydrogen (secondary N) is 1. The second-order valence-electron chi connectivity index (χ2n) is 3.75. The Morgan fingerprint density at radius 3 is 2.67 bits per heavy atom. The van der Waals surface area contributed by atoms with Crippen molar-refractivity contribution in [2.24, 2.45) is 12.1 Å². The average molecular weight is 262 g/mol. The molecule has 92 valence electrons. The molecule has 1 aromatic carbocycles. The molecule has 0 aliphatic carbocycles. The number of amides is 1. The number of benzene rings is 1. The Kier molecular flexibility index (Phi) is 3.79. The predicted molar refractivity (Wildman–Crippen MR) is 71.9 cm³/mol. The van der Waals surface area contributed by atoms with E-state index in [2.05, 4.69) is 10.5 Å². The van der Waals surface area contributed by atoms with E-state index in [1.807, 2.05) is 29.9 Å². The largest absolute Gasteiger partial charge is 0.350 e. The van der Waals surface area contributed by atoms with Crippen molar-refractivity contribution in [3.8, 4) is 0 Å². The molecule has 2 rings (SSSR count). The van der Waals surface area contributed by atoms with Gasteiger partial charge in [-0.05, 0) is 36.4 Å². The molecule has 0 saturated carbocycles. The Bertz CT molecular complexity index is 572. The Hall–Kier alpha value is -2.07. The monoisotopic (exact) mass is 261 g/mol. The number of carbonyl (C=O) groups is 1. The van der Waals surface area contributed by atoms with E-state index in [9.17, 15) is 4.79 Å². The standard InChI is InChI=1S/C13H12ClN3O/c1-17-8-2-3-12(17)9-15-16-13(18)10-4-6-11(14)7-5-10/h2-9H,1H3,(H,16,18)/b15-9-. The van der Waals surface area contributed by atoms with Crippen molar-refractivity contribution in [2.45, 2.75) is 0 Å². The summed E-state index contributed by atoms with van der Waals surface area (Å²) in [7, 11) is 1.91. The number of rotatable bonds is 3. The van der Waals surface area contributed by atoms with Gasteiger partial charge in [0.2, 0.25) is 0 Å². The molecule has 0 aliphatic heterocycles. The van der Waals surface area contributed by atoms with Crippen LogP contribution in [0.1, 0.15) is 16.1 Å². The van der Waals surface area contributed by atoms with Crippen molar-refractivity contribution in [1.82, 2.24) is 9.99 Å². The molecule has 0 atom stereocenters. The van der Waals surface area contributed by atoms with E-state index in [0.717, 1.165) is 5.69 Å². The number of carbonyl (C=O) groups excluding carboxylic acids is 1. The second-order valence-corrected chi connectivity index (χ2v) is 4.19. The van der Waals surface area contributed by atoms with Crippen molar-refractivity contribution in [3.05, 3.63) is 58.9 Å². The molecule has 0 fully saturated rings. The van der Waals surface area contributed by atoms with Crippen LogP contribution in [0.2, 0.25) is 5.02 Å². The van der Waals surface area contributed by atoms with Gasteiger partial charge in [0.05, 0.1) is 11.9 Å². The number of aromatic nitrogens is 1. The van der Waals surface area contributed by atoms with Crippen LogP contribution in [0.4, 0.5) is 0 Å². The third-order valence-corrected chi connectivity index (χ3v) is 2.71. The smallest absolute Gasteiger partial charge is 0.271 e. The molecule has 0 radical (unpaired) electrons. The molecule has 1 amide bonds. The zero-order chi connectivity index (χ0) is 13.0. The number of nitrogens with zero attached hydrogens (tertiary/aromatic N) is 2. The van der Waals surface area contributed by atoms with Gasteiger partial charge in [0, 0.05) is 23.8 Å². The summed E-state index contributed by atoms with van der Waals surface area (Å²) in [6, 6.07) is 10.4. The summed E-state index contributed by atoms with van der Waals surface area (Å²) in [6.45, 7) is 0. The predicted octanol–water partition coefficient (Wildman–Crippen LogP) is 2.44. The lowest BCUT2D eigenvalue weighted by Crippen LogP contribution is -2.17. The summed E-state index contributed by atoms with van der Waals surface area (Å²) >= 11 is 5.74. The van der Waals surface area contributed by atoms with E-state index in [4.69, 9.17) is 11.6 Å². The van der Waals surface area contributed by atoms with E-state index in [-0.39, 0.29) is 5.91 Å². The summed E-state index contributed by atoms with van der Waals surface area (Å²) < 4.78 is 1.90. The minimum atomic E-state index is -0.267. The Balaban J connectivity index is 1.98. The van der Waals surface area contributed by atoms with Crippen LogP contribution in [0.5, 0.6) is 0 Å². The highest BCUT2D eigenvalue weighted by atomic mass is 35.5. The van der Waals surface area contributed by atoms with E-state index < -0.39 is 0 Å². The average Bonchev–Trinajstić information content (AvgIpc) is 2.76. The van der Waals surface area contributed by atoms with E-state index >= 15 is 0 Å². The molecule has 1 N–H and O–H groups in total. The fourth-order valence-corrected chi connectivity index (χ4v) is 1.56. The first-order valence-electron chi connectivity index (χ1n) is 5.37. The first-order chi connectivity index (χ1) is 8.66. The van der Waals surface area contributed by atoms with Gasteiger partial charge in [-0.2, -0.15) is 5.10 Å². The Morgan fingerprint density at radius 2 is 2.06 bits per heavy atom. The molecule has 1 aromatic heterocycles. The highest BCUT2D eigenvalue weighted by molar-refractivity contribution is 6.30. The molecule has 0 spiro atoms. The van der Waals surface area contributed by atoms with Crippen LogP contribution in [0.3, 0.4) is 0 Å². The van der Waals surface area contributed by atoms with Gasteiger partial charge >= 0.3 is 0 Å². The van der Waals surface area contributed by atoms with Crippen LogP contribution in [0.25, 0.3) is 0 Å². The van der Waals surface area contributed by atoms with Gasteiger partial charge in [0.1, 0.15) is 0 Å². The molecule has 18 heavy (non-hydrogen) atoms. The molecule has 0 unspecified atom stereocenters. The lowest BCUT2D eigenvalue weighted by molar-refractivity contribution is 0.0955. The van der Waals surface area contributed by atoms with Crippen molar-refractivity contribution < 1.29 is 4.79 Å². The van der Waals surface area contributed by atoms with Crippen LogP contribution < -0.4 is 5.43 Å². The third kappa shape index (κ3) is 2.99. The fourth-order valence-electron chi connectivity index (χ4n) is 1.43. The minimum Gasteiger partial charge on any atom is -0.350 e. The molecule has 0 bridgehead atoms. The van der Waals surface area contributed by atoms with E-state index in [0.29, 0.717) is 10.6 Å². The number of hydrazone groups is 1. The second kappa shape index (κ2) is 5.51. The first-order valence-corrected chi connectivity index (χ1v) is 5.75. The minimum absolute atomic E-state index is 0.267. The van der Waals surface area contributed by atoms with Crippen LogP contribution in [-0.2, 0) is 7.05 Å².